The SMILES string of the molecule is Cl.O=C(CC1CSCCN1)N1CC2CC3CC(C2)CC1C3. The van der Waals surface area contributed by atoms with Crippen molar-refractivity contribution in [2.45, 2.75) is 50.6 Å². The van der Waals surface area contributed by atoms with Gasteiger partial charge in [0.2, 0.25) is 5.91 Å². The first-order valence-electron chi connectivity index (χ1n) is 8.38. The van der Waals surface area contributed by atoms with Crippen LogP contribution in [0.2, 0.25) is 0 Å². The van der Waals surface area contributed by atoms with Crippen LogP contribution in [-0.2, 0) is 4.79 Å². The van der Waals surface area contributed by atoms with E-state index in [0.717, 1.165) is 43.0 Å². The lowest BCUT2D eigenvalue weighted by Gasteiger charge is -2.39. The van der Waals surface area contributed by atoms with Crippen molar-refractivity contribution in [3.05, 3.63) is 0 Å². The molecule has 5 rings (SSSR count). The second-order valence-corrected chi connectivity index (χ2v) is 8.56. The zero-order valence-electron chi connectivity index (χ0n) is 12.6. The number of amides is 1. The highest BCUT2D eigenvalue weighted by Gasteiger charge is 2.44. The van der Waals surface area contributed by atoms with Crippen LogP contribution >= 0.6 is 24.2 Å². The molecule has 0 radical (unpaired) electrons. The molecule has 0 aromatic heterocycles. The number of fused-ring (bicyclic) bond motifs is 1. The van der Waals surface area contributed by atoms with Crippen molar-refractivity contribution in [1.82, 2.24) is 10.2 Å². The molecule has 2 saturated carbocycles. The van der Waals surface area contributed by atoms with Gasteiger partial charge in [-0.05, 0) is 49.9 Å². The number of hydrogen-bond acceptors (Lipinski definition) is 3. The van der Waals surface area contributed by atoms with Crippen molar-refractivity contribution in [2.24, 2.45) is 17.8 Å². The van der Waals surface area contributed by atoms with Crippen LogP contribution in [0.25, 0.3) is 0 Å². The van der Waals surface area contributed by atoms with Crippen molar-refractivity contribution < 1.29 is 4.79 Å². The summed E-state index contributed by atoms with van der Waals surface area (Å²) in [6.45, 7) is 2.13. The van der Waals surface area contributed by atoms with E-state index in [1.54, 1.807) is 0 Å². The maximum atomic E-state index is 12.8. The number of hydrogen-bond donors (Lipinski definition) is 1. The molecule has 5 aliphatic rings. The lowest BCUT2D eigenvalue weighted by molar-refractivity contribution is -0.134. The van der Waals surface area contributed by atoms with E-state index < -0.39 is 0 Å². The first kappa shape index (κ1) is 15.9. The van der Waals surface area contributed by atoms with Crippen LogP contribution in [0.5, 0.6) is 0 Å². The maximum absolute atomic E-state index is 12.8. The highest BCUT2D eigenvalue weighted by Crippen LogP contribution is 2.47. The van der Waals surface area contributed by atoms with Gasteiger partial charge in [-0.2, -0.15) is 11.8 Å². The van der Waals surface area contributed by atoms with Crippen LogP contribution in [0, 0.1) is 17.8 Å². The standard InChI is InChI=1S/C16H26N2OS.ClH/c19-16(8-14-10-20-2-1-17-14)18-9-13-4-11-3-12(5-13)7-15(18)6-11;/h11-15,17H,1-10H2;1H. The van der Waals surface area contributed by atoms with E-state index in [-0.39, 0.29) is 12.4 Å². The van der Waals surface area contributed by atoms with Gasteiger partial charge in [0, 0.05) is 43.1 Å². The molecule has 5 fully saturated rings. The van der Waals surface area contributed by atoms with Gasteiger partial charge in [-0.1, -0.05) is 0 Å². The van der Waals surface area contributed by atoms with Crippen molar-refractivity contribution in [1.29, 1.82) is 0 Å². The van der Waals surface area contributed by atoms with Crippen LogP contribution < -0.4 is 5.32 Å². The first-order valence-corrected chi connectivity index (χ1v) is 9.54. The molecule has 3 unspecified atom stereocenters. The molecule has 0 spiro atoms. The predicted octanol–water partition coefficient (Wildman–Crippen LogP) is 2.54. The molecule has 4 bridgehead atoms. The van der Waals surface area contributed by atoms with Gasteiger partial charge >= 0.3 is 0 Å². The first-order chi connectivity index (χ1) is 9.78. The van der Waals surface area contributed by atoms with Crippen molar-refractivity contribution in [3.63, 3.8) is 0 Å². The molecule has 3 nitrogen and oxygen atoms in total. The third-order valence-corrected chi connectivity index (χ3v) is 6.98. The Morgan fingerprint density at radius 3 is 2.48 bits per heavy atom. The molecule has 0 aromatic rings. The molecule has 3 saturated heterocycles. The smallest absolute Gasteiger partial charge is 0.224 e. The van der Waals surface area contributed by atoms with Crippen LogP contribution in [0.15, 0.2) is 0 Å². The summed E-state index contributed by atoms with van der Waals surface area (Å²) in [7, 11) is 0. The third kappa shape index (κ3) is 3.37. The van der Waals surface area contributed by atoms with Gasteiger partial charge in [-0.3, -0.25) is 4.79 Å². The number of carbonyl (C=O) groups excluding carboxylic acids is 1. The Labute approximate surface area is 138 Å². The highest BCUT2D eigenvalue weighted by molar-refractivity contribution is 7.99. The number of thioether (sulfide) groups is 1. The Kier molecular flexibility index (Phi) is 5.07. The van der Waals surface area contributed by atoms with E-state index in [1.165, 1.54) is 37.9 Å². The van der Waals surface area contributed by atoms with Gasteiger partial charge in [0.1, 0.15) is 0 Å². The maximum Gasteiger partial charge on any atom is 0.224 e. The monoisotopic (exact) mass is 330 g/mol. The third-order valence-electron chi connectivity index (χ3n) is 5.85. The Bertz CT molecular complexity index is 374. The predicted molar refractivity (Wildman–Crippen MR) is 90.0 cm³/mol. The second-order valence-electron chi connectivity index (χ2n) is 7.41. The summed E-state index contributed by atoms with van der Waals surface area (Å²) in [6, 6.07) is 0.994. The van der Waals surface area contributed by atoms with Crippen LogP contribution in [0.1, 0.15) is 38.5 Å². The summed E-state index contributed by atoms with van der Waals surface area (Å²) in [4.78, 5) is 15.1. The normalized spacial score (nSPS) is 41.5. The van der Waals surface area contributed by atoms with Crippen LogP contribution in [0.4, 0.5) is 0 Å². The Morgan fingerprint density at radius 1 is 1.10 bits per heavy atom. The number of nitrogens with zero attached hydrogens (tertiary/aromatic N) is 1. The molecular weight excluding hydrogens is 304 g/mol. The molecule has 3 aliphatic heterocycles. The Morgan fingerprint density at radius 2 is 1.81 bits per heavy atom. The highest BCUT2D eigenvalue weighted by atomic mass is 35.5. The summed E-state index contributed by atoms with van der Waals surface area (Å²) >= 11 is 1.99. The average Bonchev–Trinajstić information content (AvgIpc) is 2.64. The largest absolute Gasteiger partial charge is 0.339 e. The molecule has 3 heterocycles. The van der Waals surface area contributed by atoms with E-state index in [1.807, 2.05) is 11.8 Å². The minimum Gasteiger partial charge on any atom is -0.339 e. The molecule has 0 aromatic carbocycles. The van der Waals surface area contributed by atoms with Gasteiger partial charge in [-0.15, -0.1) is 12.4 Å². The lowest BCUT2D eigenvalue weighted by atomic mass is 9.68. The van der Waals surface area contributed by atoms with Crippen molar-refractivity contribution >= 4 is 30.1 Å². The van der Waals surface area contributed by atoms with Gasteiger partial charge in [-0.25, -0.2) is 0 Å². The quantitative estimate of drug-likeness (QED) is 0.844. The number of nitrogens with one attached hydrogen (secondary N) is 1. The summed E-state index contributed by atoms with van der Waals surface area (Å²) < 4.78 is 0. The van der Waals surface area contributed by atoms with Gasteiger partial charge in [0.05, 0.1) is 0 Å². The molecule has 120 valence electrons. The van der Waals surface area contributed by atoms with E-state index >= 15 is 0 Å². The van der Waals surface area contributed by atoms with E-state index in [4.69, 9.17) is 0 Å². The minimum absolute atomic E-state index is 0. The molecule has 5 heteroatoms. The van der Waals surface area contributed by atoms with Crippen LogP contribution in [-0.4, -0.2) is 47.5 Å². The number of halogens is 1. The van der Waals surface area contributed by atoms with Gasteiger partial charge in [0.15, 0.2) is 0 Å². The fourth-order valence-corrected chi connectivity index (χ4v) is 6.12. The fraction of sp³-hybridized carbons (Fsp3) is 0.938. The Balaban J connectivity index is 0.00000132. The summed E-state index contributed by atoms with van der Waals surface area (Å²) in [5, 5.41) is 3.51. The van der Waals surface area contributed by atoms with E-state index in [2.05, 4.69) is 10.2 Å². The Hall–Kier alpha value is 0.0700. The van der Waals surface area contributed by atoms with E-state index in [0.29, 0.717) is 18.0 Å². The molecule has 2 aliphatic carbocycles. The van der Waals surface area contributed by atoms with Crippen LogP contribution in [0.3, 0.4) is 0 Å². The summed E-state index contributed by atoms with van der Waals surface area (Å²) in [5.74, 6) is 5.41. The molecule has 21 heavy (non-hydrogen) atoms. The number of rotatable bonds is 2. The fourth-order valence-electron chi connectivity index (χ4n) is 5.17. The summed E-state index contributed by atoms with van der Waals surface area (Å²) in [6.07, 6.45) is 7.57. The molecule has 1 N–H and O–H groups in total. The van der Waals surface area contributed by atoms with E-state index in [9.17, 15) is 4.79 Å². The number of carbonyl (C=O) groups is 1. The summed E-state index contributed by atoms with van der Waals surface area (Å²) in [5.41, 5.74) is 0. The van der Waals surface area contributed by atoms with Gasteiger partial charge in [0.25, 0.3) is 0 Å². The minimum atomic E-state index is 0. The zero-order chi connectivity index (χ0) is 13.5. The topological polar surface area (TPSA) is 32.3 Å². The molecule has 1 amide bonds. The second kappa shape index (κ2) is 6.67. The zero-order valence-corrected chi connectivity index (χ0v) is 14.3. The van der Waals surface area contributed by atoms with Crippen molar-refractivity contribution in [2.75, 3.05) is 24.6 Å². The lowest BCUT2D eigenvalue weighted by Crippen LogP contribution is -2.46. The van der Waals surface area contributed by atoms with Gasteiger partial charge < -0.3 is 10.2 Å². The average molecular weight is 331 g/mol. The molecular formula is C16H27ClN2OS. The molecule has 3 atom stereocenters. The van der Waals surface area contributed by atoms with Crippen molar-refractivity contribution in [3.8, 4) is 0 Å².